The molecule has 1 aliphatic rings. The molecule has 6 nitrogen and oxygen atoms in total. The van der Waals surface area contributed by atoms with Gasteiger partial charge in [0, 0.05) is 0 Å². The fourth-order valence-electron chi connectivity index (χ4n) is 1.54. The molecule has 6 heteroatoms. The van der Waals surface area contributed by atoms with Crippen molar-refractivity contribution in [3.63, 3.8) is 0 Å². The Morgan fingerprint density at radius 2 is 1.65 bits per heavy atom. The molecule has 1 heterocycles. The standard InChI is InChI=1S/C10H7NO5.CH4/c12-8(16-15)5-11-9(13)6-3-1-2-4-7(6)10(11)14;/h1-4,15H,5H2;1H4. The largest absolute Gasteiger partial charge is 0.361 e. The number of carbonyl (C=O) groups excluding carboxylic acids is 3. The molecular weight excluding hydrogens is 226 g/mol. The van der Waals surface area contributed by atoms with Crippen molar-refractivity contribution < 1.29 is 24.5 Å². The van der Waals surface area contributed by atoms with Crippen LogP contribution in [0.4, 0.5) is 0 Å². The molecule has 0 bridgehead atoms. The van der Waals surface area contributed by atoms with Crippen LogP contribution in [0, 0.1) is 0 Å². The lowest BCUT2D eigenvalue weighted by Crippen LogP contribution is -2.35. The lowest BCUT2D eigenvalue weighted by atomic mass is 10.1. The zero-order valence-electron chi connectivity index (χ0n) is 8.04. The molecule has 0 saturated heterocycles. The van der Waals surface area contributed by atoms with Gasteiger partial charge in [-0.3, -0.25) is 19.4 Å². The van der Waals surface area contributed by atoms with Crippen molar-refractivity contribution in [2.45, 2.75) is 7.43 Å². The summed E-state index contributed by atoms with van der Waals surface area (Å²) in [4.78, 5) is 38.3. The fourth-order valence-corrected chi connectivity index (χ4v) is 1.54. The minimum Gasteiger partial charge on any atom is -0.299 e. The fraction of sp³-hybridized carbons (Fsp3) is 0.182. The first-order valence-electron chi connectivity index (χ1n) is 4.44. The molecule has 0 fully saturated rings. The van der Waals surface area contributed by atoms with Crippen molar-refractivity contribution in [3.05, 3.63) is 35.4 Å². The first kappa shape index (κ1) is 12.9. The number of hydrogen-bond donors (Lipinski definition) is 1. The summed E-state index contributed by atoms with van der Waals surface area (Å²) < 4.78 is 0. The van der Waals surface area contributed by atoms with Gasteiger partial charge < -0.3 is 0 Å². The summed E-state index contributed by atoms with van der Waals surface area (Å²) in [5.41, 5.74) is 0.497. The lowest BCUT2D eigenvalue weighted by molar-refractivity contribution is -0.234. The summed E-state index contributed by atoms with van der Waals surface area (Å²) in [5.74, 6) is -2.19. The number of fused-ring (bicyclic) bond motifs is 1. The van der Waals surface area contributed by atoms with E-state index >= 15 is 0 Å². The average molecular weight is 237 g/mol. The van der Waals surface area contributed by atoms with Gasteiger partial charge in [-0.25, -0.2) is 4.79 Å². The number of benzene rings is 1. The molecule has 1 aliphatic heterocycles. The quantitative estimate of drug-likeness (QED) is 0.470. The average Bonchev–Trinajstić information content (AvgIpc) is 2.55. The Bertz CT molecular complexity index is 448. The topological polar surface area (TPSA) is 83.9 Å². The van der Waals surface area contributed by atoms with Crippen LogP contribution in [-0.2, 0) is 9.68 Å². The van der Waals surface area contributed by atoms with Crippen molar-refractivity contribution in [1.82, 2.24) is 4.90 Å². The second-order valence-corrected chi connectivity index (χ2v) is 3.21. The Balaban J connectivity index is 0.00000144. The van der Waals surface area contributed by atoms with E-state index in [1.54, 1.807) is 12.1 Å². The van der Waals surface area contributed by atoms with Crippen molar-refractivity contribution >= 4 is 17.8 Å². The summed E-state index contributed by atoms with van der Waals surface area (Å²) in [7, 11) is 0. The number of carbonyl (C=O) groups is 3. The van der Waals surface area contributed by atoms with E-state index < -0.39 is 24.3 Å². The van der Waals surface area contributed by atoms with E-state index in [-0.39, 0.29) is 18.6 Å². The van der Waals surface area contributed by atoms with E-state index in [1.807, 2.05) is 0 Å². The lowest BCUT2D eigenvalue weighted by Gasteiger charge is -2.10. The van der Waals surface area contributed by atoms with Crippen LogP contribution in [0.3, 0.4) is 0 Å². The van der Waals surface area contributed by atoms with Crippen LogP contribution in [0.2, 0.25) is 0 Å². The summed E-state index contributed by atoms with van der Waals surface area (Å²) in [6.07, 6.45) is 0. The second kappa shape index (κ2) is 4.75. The van der Waals surface area contributed by atoms with E-state index in [0.29, 0.717) is 0 Å². The predicted octanol–water partition coefficient (Wildman–Crippen LogP) is 0.935. The van der Waals surface area contributed by atoms with Crippen LogP contribution in [0.25, 0.3) is 0 Å². The maximum Gasteiger partial charge on any atom is 0.361 e. The normalized spacial score (nSPS) is 13.1. The van der Waals surface area contributed by atoms with Gasteiger partial charge in [0.15, 0.2) is 0 Å². The third-order valence-electron chi connectivity index (χ3n) is 2.27. The summed E-state index contributed by atoms with van der Waals surface area (Å²) in [5, 5.41) is 8.09. The van der Waals surface area contributed by atoms with Gasteiger partial charge >= 0.3 is 5.97 Å². The molecule has 0 unspecified atom stereocenters. The summed E-state index contributed by atoms with van der Waals surface area (Å²) >= 11 is 0. The molecule has 0 aromatic heterocycles. The Hall–Kier alpha value is -2.21. The van der Waals surface area contributed by atoms with Gasteiger partial charge in [0.25, 0.3) is 11.8 Å². The third kappa shape index (κ3) is 2.02. The zero-order valence-corrected chi connectivity index (χ0v) is 8.04. The molecule has 90 valence electrons. The maximum atomic E-state index is 11.7. The molecule has 1 aromatic rings. The van der Waals surface area contributed by atoms with Crippen LogP contribution in [0.15, 0.2) is 24.3 Å². The number of nitrogens with zero attached hydrogens (tertiary/aromatic N) is 1. The van der Waals surface area contributed by atoms with Crippen molar-refractivity contribution in [1.29, 1.82) is 0 Å². The highest BCUT2D eigenvalue weighted by Crippen LogP contribution is 2.21. The summed E-state index contributed by atoms with van der Waals surface area (Å²) in [6, 6.07) is 6.25. The monoisotopic (exact) mass is 237 g/mol. The van der Waals surface area contributed by atoms with E-state index in [2.05, 4.69) is 4.89 Å². The zero-order chi connectivity index (χ0) is 11.7. The number of rotatable bonds is 2. The molecule has 0 atom stereocenters. The highest BCUT2D eigenvalue weighted by molar-refractivity contribution is 6.22. The number of amides is 2. The van der Waals surface area contributed by atoms with Gasteiger partial charge in [-0.05, 0) is 12.1 Å². The Labute approximate surface area is 97.3 Å². The van der Waals surface area contributed by atoms with Gasteiger partial charge in [-0.1, -0.05) is 19.6 Å². The maximum absolute atomic E-state index is 11.7. The van der Waals surface area contributed by atoms with E-state index in [9.17, 15) is 14.4 Å². The SMILES string of the molecule is C.O=C(CN1C(=O)c2ccccc2C1=O)OO. The first-order valence-corrected chi connectivity index (χ1v) is 4.44. The summed E-state index contributed by atoms with van der Waals surface area (Å²) in [6.45, 7) is -0.594. The molecule has 1 aromatic carbocycles. The van der Waals surface area contributed by atoms with Crippen LogP contribution < -0.4 is 0 Å². The van der Waals surface area contributed by atoms with Crippen molar-refractivity contribution in [2.75, 3.05) is 6.54 Å². The van der Waals surface area contributed by atoms with Gasteiger partial charge in [0.05, 0.1) is 11.1 Å². The highest BCUT2D eigenvalue weighted by Gasteiger charge is 2.36. The minimum atomic E-state index is -1.06. The van der Waals surface area contributed by atoms with Gasteiger partial charge in [-0.15, -0.1) is 0 Å². The molecule has 1 N–H and O–H groups in total. The molecule has 17 heavy (non-hydrogen) atoms. The molecular formula is C11H11NO5. The van der Waals surface area contributed by atoms with Gasteiger partial charge in [0.2, 0.25) is 0 Å². The highest BCUT2D eigenvalue weighted by atomic mass is 17.1. The molecule has 0 aliphatic carbocycles. The van der Waals surface area contributed by atoms with E-state index in [0.717, 1.165) is 4.90 Å². The van der Waals surface area contributed by atoms with Crippen molar-refractivity contribution in [2.24, 2.45) is 0 Å². The molecule has 0 spiro atoms. The van der Waals surface area contributed by atoms with Crippen LogP contribution in [0.1, 0.15) is 28.1 Å². The van der Waals surface area contributed by atoms with E-state index in [1.165, 1.54) is 12.1 Å². The van der Waals surface area contributed by atoms with E-state index in [4.69, 9.17) is 5.26 Å². The second-order valence-electron chi connectivity index (χ2n) is 3.21. The Morgan fingerprint density at radius 1 is 1.18 bits per heavy atom. The third-order valence-corrected chi connectivity index (χ3v) is 2.27. The van der Waals surface area contributed by atoms with Crippen LogP contribution >= 0.6 is 0 Å². The number of imide groups is 1. The Kier molecular flexibility index (Phi) is 3.59. The van der Waals surface area contributed by atoms with Crippen molar-refractivity contribution in [3.8, 4) is 0 Å². The minimum absolute atomic E-state index is 0. The molecule has 2 amide bonds. The van der Waals surface area contributed by atoms with Gasteiger partial charge in [0.1, 0.15) is 6.54 Å². The Morgan fingerprint density at radius 3 is 2.06 bits per heavy atom. The first-order chi connectivity index (χ1) is 7.65. The molecule has 2 rings (SSSR count). The van der Waals surface area contributed by atoms with Crippen LogP contribution in [-0.4, -0.2) is 34.5 Å². The predicted molar refractivity (Wildman–Crippen MR) is 57.3 cm³/mol. The van der Waals surface area contributed by atoms with Gasteiger partial charge in [-0.2, -0.15) is 5.26 Å². The molecule has 0 radical (unpaired) electrons. The van der Waals surface area contributed by atoms with Crippen LogP contribution in [0.5, 0.6) is 0 Å². The smallest absolute Gasteiger partial charge is 0.299 e. The molecule has 0 saturated carbocycles. The number of hydrogen-bond acceptors (Lipinski definition) is 5.